The van der Waals surface area contributed by atoms with Crippen LogP contribution in [0.3, 0.4) is 0 Å². The van der Waals surface area contributed by atoms with Gasteiger partial charge in [-0.3, -0.25) is 4.98 Å². The minimum Gasteiger partial charge on any atom is -0.384 e. The van der Waals surface area contributed by atoms with Gasteiger partial charge in [-0.1, -0.05) is 11.8 Å². The highest BCUT2D eigenvalue weighted by Gasteiger charge is 2.17. The Hall–Kier alpha value is -1.62. The first kappa shape index (κ1) is 15.8. The maximum absolute atomic E-state index is 5.79. The van der Waals surface area contributed by atoms with Gasteiger partial charge in [0.2, 0.25) is 0 Å². The first-order valence-corrected chi connectivity index (χ1v) is 7.89. The molecule has 0 aliphatic rings. The SMILES string of the molecule is Cc1cc(N)nc(SC(C)c2nc(C)c(C)c(C)c2C)n1. The van der Waals surface area contributed by atoms with E-state index in [1.807, 2.05) is 6.92 Å². The molecule has 0 radical (unpaired) electrons. The van der Waals surface area contributed by atoms with Gasteiger partial charge >= 0.3 is 0 Å². The Morgan fingerprint density at radius 1 is 0.952 bits per heavy atom. The van der Waals surface area contributed by atoms with Crippen LogP contribution in [0.1, 0.15) is 45.9 Å². The Morgan fingerprint density at radius 2 is 1.62 bits per heavy atom. The number of nitrogen functional groups attached to an aromatic ring is 1. The molecule has 0 saturated carbocycles. The molecule has 1 unspecified atom stereocenters. The van der Waals surface area contributed by atoms with Crippen molar-refractivity contribution >= 4 is 17.6 Å². The average molecular weight is 302 g/mol. The van der Waals surface area contributed by atoms with E-state index in [1.165, 1.54) is 16.7 Å². The van der Waals surface area contributed by atoms with E-state index >= 15 is 0 Å². The predicted octanol–water partition coefficient (Wildman–Crippen LogP) is 3.85. The Balaban J connectivity index is 2.34. The fourth-order valence-electron chi connectivity index (χ4n) is 2.32. The molecule has 0 spiro atoms. The van der Waals surface area contributed by atoms with Crippen LogP contribution in [0, 0.1) is 34.6 Å². The van der Waals surface area contributed by atoms with Crippen molar-refractivity contribution in [2.24, 2.45) is 0 Å². The maximum atomic E-state index is 5.79. The summed E-state index contributed by atoms with van der Waals surface area (Å²) in [5.41, 5.74) is 12.7. The largest absolute Gasteiger partial charge is 0.384 e. The van der Waals surface area contributed by atoms with Crippen LogP contribution in [0.15, 0.2) is 11.2 Å². The van der Waals surface area contributed by atoms with Crippen molar-refractivity contribution in [3.63, 3.8) is 0 Å². The van der Waals surface area contributed by atoms with Crippen molar-refractivity contribution in [1.29, 1.82) is 0 Å². The molecule has 5 heteroatoms. The smallest absolute Gasteiger partial charge is 0.190 e. The molecule has 0 aromatic carbocycles. The van der Waals surface area contributed by atoms with Crippen molar-refractivity contribution in [3.8, 4) is 0 Å². The summed E-state index contributed by atoms with van der Waals surface area (Å²) in [5.74, 6) is 0.512. The molecule has 4 nitrogen and oxygen atoms in total. The first-order chi connectivity index (χ1) is 9.79. The molecule has 21 heavy (non-hydrogen) atoms. The molecule has 2 aromatic rings. The Kier molecular flexibility index (Phi) is 4.52. The molecule has 0 amide bonds. The highest BCUT2D eigenvalue weighted by molar-refractivity contribution is 7.99. The van der Waals surface area contributed by atoms with Gasteiger partial charge < -0.3 is 5.73 Å². The van der Waals surface area contributed by atoms with Crippen LogP contribution in [-0.4, -0.2) is 15.0 Å². The number of aryl methyl sites for hydroxylation is 2. The van der Waals surface area contributed by atoms with Gasteiger partial charge in [0.05, 0.1) is 10.9 Å². The van der Waals surface area contributed by atoms with Crippen molar-refractivity contribution in [1.82, 2.24) is 15.0 Å². The molecule has 0 saturated heterocycles. The number of aromatic nitrogens is 3. The van der Waals surface area contributed by atoms with Crippen LogP contribution >= 0.6 is 11.8 Å². The zero-order chi connectivity index (χ0) is 15.7. The van der Waals surface area contributed by atoms with Gasteiger partial charge in [0.15, 0.2) is 5.16 Å². The Bertz CT molecular complexity index is 662. The molecule has 0 fully saturated rings. The van der Waals surface area contributed by atoms with E-state index < -0.39 is 0 Å². The summed E-state index contributed by atoms with van der Waals surface area (Å²) in [6.45, 7) is 12.5. The summed E-state index contributed by atoms with van der Waals surface area (Å²) < 4.78 is 0. The number of nitrogens with two attached hydrogens (primary N) is 1. The third kappa shape index (κ3) is 3.35. The number of hydrogen-bond donors (Lipinski definition) is 1. The number of pyridine rings is 1. The lowest BCUT2D eigenvalue weighted by Crippen LogP contribution is -2.05. The van der Waals surface area contributed by atoms with E-state index in [0.29, 0.717) is 11.0 Å². The Morgan fingerprint density at radius 3 is 2.24 bits per heavy atom. The summed E-state index contributed by atoms with van der Waals surface area (Å²) in [4.78, 5) is 13.5. The highest BCUT2D eigenvalue weighted by atomic mass is 32.2. The van der Waals surface area contributed by atoms with Crippen LogP contribution < -0.4 is 5.73 Å². The Labute approximate surface area is 130 Å². The molecule has 0 aliphatic carbocycles. The summed E-state index contributed by atoms with van der Waals surface area (Å²) in [6, 6.07) is 1.78. The number of rotatable bonds is 3. The van der Waals surface area contributed by atoms with Crippen molar-refractivity contribution in [2.45, 2.75) is 51.9 Å². The van der Waals surface area contributed by atoms with Gasteiger partial charge in [0.25, 0.3) is 0 Å². The minimum absolute atomic E-state index is 0.184. The van der Waals surface area contributed by atoms with Crippen molar-refractivity contribution < 1.29 is 0 Å². The summed E-state index contributed by atoms with van der Waals surface area (Å²) in [7, 11) is 0. The van der Waals surface area contributed by atoms with Gasteiger partial charge in [-0.2, -0.15) is 0 Å². The minimum atomic E-state index is 0.184. The summed E-state index contributed by atoms with van der Waals surface area (Å²) >= 11 is 1.60. The highest BCUT2D eigenvalue weighted by Crippen LogP contribution is 2.35. The van der Waals surface area contributed by atoms with Crippen molar-refractivity contribution in [2.75, 3.05) is 5.73 Å². The second kappa shape index (κ2) is 6.02. The lowest BCUT2D eigenvalue weighted by atomic mass is 10.0. The molecule has 2 heterocycles. The first-order valence-electron chi connectivity index (χ1n) is 7.01. The molecule has 2 N–H and O–H groups in total. The second-order valence-corrected chi connectivity index (χ2v) is 6.74. The van der Waals surface area contributed by atoms with Crippen LogP contribution in [0.5, 0.6) is 0 Å². The van der Waals surface area contributed by atoms with Crippen LogP contribution in [0.2, 0.25) is 0 Å². The van der Waals surface area contributed by atoms with E-state index in [0.717, 1.165) is 17.1 Å². The number of hydrogen-bond acceptors (Lipinski definition) is 5. The van der Waals surface area contributed by atoms with E-state index in [4.69, 9.17) is 10.7 Å². The van der Waals surface area contributed by atoms with E-state index in [-0.39, 0.29) is 5.25 Å². The molecule has 2 rings (SSSR count). The quantitative estimate of drug-likeness (QED) is 0.689. The zero-order valence-electron chi connectivity index (χ0n) is 13.5. The van der Waals surface area contributed by atoms with E-state index in [2.05, 4.69) is 44.6 Å². The van der Waals surface area contributed by atoms with Crippen LogP contribution in [-0.2, 0) is 0 Å². The lowest BCUT2D eigenvalue weighted by molar-refractivity contribution is 0.903. The molecule has 0 bridgehead atoms. The third-order valence-corrected chi connectivity index (χ3v) is 4.83. The average Bonchev–Trinajstić information content (AvgIpc) is 2.39. The van der Waals surface area contributed by atoms with Gasteiger partial charge in [0.1, 0.15) is 5.82 Å². The van der Waals surface area contributed by atoms with Gasteiger partial charge in [0, 0.05) is 17.5 Å². The monoisotopic (exact) mass is 302 g/mol. The molecule has 1 atom stereocenters. The maximum Gasteiger partial charge on any atom is 0.190 e. The van der Waals surface area contributed by atoms with Crippen LogP contribution in [0.4, 0.5) is 5.82 Å². The molecule has 112 valence electrons. The predicted molar refractivity (Wildman–Crippen MR) is 88.6 cm³/mol. The van der Waals surface area contributed by atoms with Crippen LogP contribution in [0.25, 0.3) is 0 Å². The summed E-state index contributed by atoms with van der Waals surface area (Å²) in [5, 5.41) is 0.890. The number of nitrogens with zero attached hydrogens (tertiary/aromatic N) is 3. The fourth-order valence-corrected chi connectivity index (χ4v) is 3.33. The van der Waals surface area contributed by atoms with E-state index in [1.54, 1.807) is 17.8 Å². The van der Waals surface area contributed by atoms with Gasteiger partial charge in [-0.05, 0) is 58.2 Å². The fraction of sp³-hybridized carbons (Fsp3) is 0.438. The zero-order valence-corrected chi connectivity index (χ0v) is 14.3. The molecule has 0 aliphatic heterocycles. The van der Waals surface area contributed by atoms with Crippen molar-refractivity contribution in [3.05, 3.63) is 39.8 Å². The molecule has 2 aromatic heterocycles. The van der Waals surface area contributed by atoms with Gasteiger partial charge in [-0.15, -0.1) is 0 Å². The molecular formula is C16H22N4S. The number of thioether (sulfide) groups is 1. The second-order valence-electron chi connectivity index (χ2n) is 5.43. The summed E-state index contributed by atoms with van der Waals surface area (Å²) in [6.07, 6.45) is 0. The normalized spacial score (nSPS) is 12.5. The number of anilines is 1. The van der Waals surface area contributed by atoms with Gasteiger partial charge in [-0.25, -0.2) is 9.97 Å². The standard InChI is InChI=1S/C16H22N4S/c1-8-7-14(17)20-16(18-8)21-13(6)15-11(4)9(2)10(3)12(5)19-15/h7,13H,1-6H3,(H2,17,18,20). The molecular weight excluding hydrogens is 280 g/mol. The topological polar surface area (TPSA) is 64.7 Å². The van der Waals surface area contributed by atoms with E-state index in [9.17, 15) is 0 Å². The third-order valence-electron chi connectivity index (χ3n) is 3.86. The lowest BCUT2D eigenvalue weighted by Gasteiger charge is -2.17.